The summed E-state index contributed by atoms with van der Waals surface area (Å²) in [5.74, 6) is -1.85. The summed E-state index contributed by atoms with van der Waals surface area (Å²) in [7, 11) is 0. The Balaban J connectivity index is 2.87. The van der Waals surface area contributed by atoms with Crippen molar-refractivity contribution in [1.82, 2.24) is 9.88 Å². The Morgan fingerprint density at radius 3 is 2.20 bits per heavy atom. The van der Waals surface area contributed by atoms with Crippen LogP contribution in [-0.4, -0.2) is 38.8 Å². The number of pyridine rings is 1. The van der Waals surface area contributed by atoms with Gasteiger partial charge < -0.3 is 20.1 Å². The Morgan fingerprint density at radius 1 is 1.30 bits per heavy atom. The molecule has 0 spiro atoms. The van der Waals surface area contributed by atoms with Crippen LogP contribution in [0.25, 0.3) is 0 Å². The van der Waals surface area contributed by atoms with Gasteiger partial charge in [-0.25, -0.2) is 4.79 Å². The number of hydrogen-bond acceptors (Lipinski definition) is 4. The molecule has 7 nitrogen and oxygen atoms in total. The highest BCUT2D eigenvalue weighted by atomic mass is 16.4. The summed E-state index contributed by atoms with van der Waals surface area (Å²) in [4.78, 5) is 34.0. The summed E-state index contributed by atoms with van der Waals surface area (Å²) in [6.45, 7) is 4.54. The number of aliphatic carboxylic acids is 1. The molecule has 0 aromatic carbocycles. The zero-order chi connectivity index (χ0) is 15.4. The van der Waals surface area contributed by atoms with Gasteiger partial charge in [-0.05, 0) is 20.8 Å². The van der Waals surface area contributed by atoms with E-state index in [0.717, 1.165) is 0 Å². The van der Waals surface area contributed by atoms with E-state index < -0.39 is 24.0 Å². The predicted octanol–water partition coefficient (Wildman–Crippen LogP) is -0.585. The van der Waals surface area contributed by atoms with Crippen LogP contribution >= 0.6 is 0 Å². The van der Waals surface area contributed by atoms with Crippen molar-refractivity contribution in [2.24, 2.45) is 0 Å². The lowest BCUT2D eigenvalue weighted by atomic mass is 10.2. The third kappa shape index (κ3) is 3.92. The van der Waals surface area contributed by atoms with Crippen LogP contribution in [0.2, 0.25) is 0 Å². The number of carboxylic acids is 1. The number of nitrogens with zero attached hydrogens (tertiary/aromatic N) is 1. The largest absolute Gasteiger partial charge is 0.480 e. The van der Waals surface area contributed by atoms with E-state index in [1.165, 1.54) is 19.1 Å². The van der Waals surface area contributed by atoms with Crippen molar-refractivity contribution >= 4 is 11.9 Å². The van der Waals surface area contributed by atoms with Crippen LogP contribution in [0.15, 0.2) is 16.9 Å². The average Bonchev–Trinajstić information content (AvgIpc) is 2.29. The Bertz CT molecular complexity index is 550. The van der Waals surface area contributed by atoms with Gasteiger partial charge in [0.1, 0.15) is 6.54 Å². The lowest BCUT2D eigenvalue weighted by molar-refractivity contribution is -0.144. The second-order valence-electron chi connectivity index (χ2n) is 4.68. The summed E-state index contributed by atoms with van der Waals surface area (Å²) >= 11 is 0. The molecule has 0 radical (unpaired) electrons. The van der Waals surface area contributed by atoms with Gasteiger partial charge in [0.2, 0.25) is 5.91 Å². The summed E-state index contributed by atoms with van der Waals surface area (Å²) < 4.78 is 1.59. The average molecular weight is 282 g/mol. The number of aromatic nitrogens is 1. The molecule has 7 heteroatoms. The van der Waals surface area contributed by atoms with Crippen molar-refractivity contribution in [3.8, 4) is 0 Å². The van der Waals surface area contributed by atoms with Gasteiger partial charge in [-0.2, -0.15) is 0 Å². The first-order valence-electron chi connectivity index (χ1n) is 6.10. The second-order valence-corrected chi connectivity index (χ2v) is 4.68. The van der Waals surface area contributed by atoms with Gasteiger partial charge in [-0.15, -0.1) is 0 Å². The topological polar surface area (TPSA) is 109 Å². The van der Waals surface area contributed by atoms with Gasteiger partial charge in [-0.3, -0.25) is 9.59 Å². The fourth-order valence-corrected chi connectivity index (χ4v) is 1.89. The summed E-state index contributed by atoms with van der Waals surface area (Å²) in [5.41, 5.74) is 1.06. The molecule has 2 atom stereocenters. The number of carbonyl (C=O) groups is 2. The molecule has 0 fully saturated rings. The van der Waals surface area contributed by atoms with Gasteiger partial charge >= 0.3 is 5.97 Å². The lowest BCUT2D eigenvalue weighted by Crippen LogP contribution is -2.48. The quantitative estimate of drug-likeness (QED) is 0.669. The van der Waals surface area contributed by atoms with Crippen LogP contribution in [0.1, 0.15) is 18.3 Å². The lowest BCUT2D eigenvalue weighted by Gasteiger charge is -2.19. The number of nitrogens with one attached hydrogen (secondary N) is 1. The Morgan fingerprint density at radius 2 is 1.80 bits per heavy atom. The van der Waals surface area contributed by atoms with Crippen molar-refractivity contribution in [2.75, 3.05) is 0 Å². The zero-order valence-electron chi connectivity index (χ0n) is 11.6. The molecule has 0 saturated carbocycles. The van der Waals surface area contributed by atoms with E-state index in [1.54, 1.807) is 18.4 Å². The number of carbonyl (C=O) groups excluding carboxylic acids is 1. The van der Waals surface area contributed by atoms with Crippen LogP contribution in [0.5, 0.6) is 0 Å². The van der Waals surface area contributed by atoms with Gasteiger partial charge in [-0.1, -0.05) is 0 Å². The number of carboxylic acid groups (broad SMARTS) is 1. The van der Waals surface area contributed by atoms with Crippen molar-refractivity contribution in [2.45, 2.75) is 39.5 Å². The molecule has 0 bridgehead atoms. The highest BCUT2D eigenvalue weighted by Crippen LogP contribution is 2.02. The molecule has 0 saturated heterocycles. The third-order valence-electron chi connectivity index (χ3n) is 2.92. The Hall–Kier alpha value is -2.15. The van der Waals surface area contributed by atoms with Gasteiger partial charge in [0.15, 0.2) is 11.5 Å². The summed E-state index contributed by atoms with van der Waals surface area (Å²) in [6.07, 6.45) is -1.20. The monoisotopic (exact) mass is 282 g/mol. The Labute approximate surface area is 115 Å². The summed E-state index contributed by atoms with van der Waals surface area (Å²) in [5, 5.41) is 20.4. The van der Waals surface area contributed by atoms with E-state index in [0.29, 0.717) is 11.4 Å². The van der Waals surface area contributed by atoms with E-state index >= 15 is 0 Å². The maximum absolute atomic E-state index is 11.8. The molecule has 0 aliphatic rings. The molecule has 1 aromatic heterocycles. The number of aryl methyl sites for hydroxylation is 2. The van der Waals surface area contributed by atoms with E-state index in [9.17, 15) is 19.5 Å². The van der Waals surface area contributed by atoms with Crippen LogP contribution in [0.3, 0.4) is 0 Å². The van der Waals surface area contributed by atoms with Crippen LogP contribution in [0.4, 0.5) is 0 Å². The van der Waals surface area contributed by atoms with Crippen LogP contribution in [-0.2, 0) is 16.1 Å². The molecule has 110 valence electrons. The molecule has 1 amide bonds. The van der Waals surface area contributed by atoms with Gasteiger partial charge in [0.25, 0.3) is 0 Å². The molecular formula is C13H18N2O5. The van der Waals surface area contributed by atoms with Crippen molar-refractivity contribution in [3.05, 3.63) is 33.7 Å². The predicted molar refractivity (Wildman–Crippen MR) is 71.4 cm³/mol. The molecule has 2 unspecified atom stereocenters. The van der Waals surface area contributed by atoms with Gasteiger partial charge in [0, 0.05) is 23.5 Å². The second kappa shape index (κ2) is 6.33. The van der Waals surface area contributed by atoms with E-state index in [4.69, 9.17) is 5.11 Å². The molecule has 0 aliphatic heterocycles. The number of hydrogen-bond donors (Lipinski definition) is 3. The number of amides is 1. The Kier molecular flexibility index (Phi) is 5.04. The molecule has 1 rings (SSSR count). The minimum atomic E-state index is -1.36. The van der Waals surface area contributed by atoms with Crippen LogP contribution in [0, 0.1) is 13.8 Å². The third-order valence-corrected chi connectivity index (χ3v) is 2.92. The van der Waals surface area contributed by atoms with E-state index in [1.807, 2.05) is 0 Å². The number of aliphatic hydroxyl groups excluding tert-OH is 1. The van der Waals surface area contributed by atoms with Crippen molar-refractivity contribution in [3.63, 3.8) is 0 Å². The SMILES string of the molecule is Cc1cc(=O)cc(C)n1CC(=O)NC(C(=O)O)C(C)O. The molecule has 0 aliphatic carbocycles. The molecule has 1 heterocycles. The minimum absolute atomic E-state index is 0.117. The fraction of sp³-hybridized carbons (Fsp3) is 0.462. The molecule has 3 N–H and O–H groups in total. The first kappa shape index (κ1) is 15.9. The highest BCUT2D eigenvalue weighted by molar-refractivity contribution is 5.83. The van der Waals surface area contributed by atoms with Crippen LogP contribution < -0.4 is 10.7 Å². The fourth-order valence-electron chi connectivity index (χ4n) is 1.89. The minimum Gasteiger partial charge on any atom is -0.480 e. The standard InChI is InChI=1S/C13H18N2O5/c1-7-4-10(17)5-8(2)15(7)6-11(18)14-12(9(3)16)13(19)20/h4-5,9,12,16H,6H2,1-3H3,(H,14,18)(H,19,20). The van der Waals surface area contributed by atoms with Crippen molar-refractivity contribution < 1.29 is 19.8 Å². The number of rotatable bonds is 5. The maximum atomic E-state index is 11.8. The first-order valence-corrected chi connectivity index (χ1v) is 6.10. The normalized spacial score (nSPS) is 13.6. The maximum Gasteiger partial charge on any atom is 0.328 e. The molecule has 20 heavy (non-hydrogen) atoms. The smallest absolute Gasteiger partial charge is 0.328 e. The highest BCUT2D eigenvalue weighted by Gasteiger charge is 2.25. The number of aliphatic hydroxyl groups is 1. The van der Waals surface area contributed by atoms with E-state index in [-0.39, 0.29) is 12.0 Å². The van der Waals surface area contributed by atoms with Gasteiger partial charge in [0.05, 0.1) is 6.10 Å². The van der Waals surface area contributed by atoms with Crippen molar-refractivity contribution in [1.29, 1.82) is 0 Å². The zero-order valence-corrected chi connectivity index (χ0v) is 11.6. The summed E-state index contributed by atoms with van der Waals surface area (Å²) in [6, 6.07) is 1.43. The molecule has 1 aromatic rings. The first-order chi connectivity index (χ1) is 9.22. The van der Waals surface area contributed by atoms with E-state index in [2.05, 4.69) is 5.32 Å². The molecular weight excluding hydrogens is 264 g/mol.